The SMILES string of the molecule is O=C(Br)OC(Br)(Br)Br. The molecule has 0 rings (SSSR count). The monoisotopic (exact) mass is 372 g/mol. The van der Waals surface area contributed by atoms with E-state index in [1.54, 1.807) is 0 Å². The summed E-state index contributed by atoms with van der Waals surface area (Å²) in [6, 6.07) is 0. The molecule has 0 aliphatic rings. The first-order valence-corrected chi connectivity index (χ1v) is 4.54. The van der Waals surface area contributed by atoms with E-state index in [4.69, 9.17) is 0 Å². The van der Waals surface area contributed by atoms with E-state index in [0.29, 0.717) is 0 Å². The Hall–Kier alpha value is 1.39. The minimum absolute atomic E-state index is 0.553. The van der Waals surface area contributed by atoms with Crippen molar-refractivity contribution in [3.63, 3.8) is 0 Å². The van der Waals surface area contributed by atoms with Crippen molar-refractivity contribution >= 4 is 68.6 Å². The van der Waals surface area contributed by atoms with Crippen LogP contribution in [0.2, 0.25) is 0 Å². The van der Waals surface area contributed by atoms with Crippen LogP contribution in [0, 0.1) is 0 Å². The highest BCUT2D eigenvalue weighted by atomic mass is 80.0. The van der Waals surface area contributed by atoms with Gasteiger partial charge in [-0.15, -0.1) is 0 Å². The normalized spacial score (nSPS) is 11.0. The second-order valence-corrected chi connectivity index (χ2v) is 7.98. The summed E-state index contributed by atoms with van der Waals surface area (Å²) >= 11 is 11.4. The molecule has 0 amide bonds. The van der Waals surface area contributed by atoms with Gasteiger partial charge >= 0.3 is 4.88 Å². The highest BCUT2D eigenvalue weighted by molar-refractivity contribution is 9.39. The van der Waals surface area contributed by atoms with Crippen molar-refractivity contribution in [1.82, 2.24) is 0 Å². The molecule has 0 fully saturated rings. The molecule has 8 heavy (non-hydrogen) atoms. The standard InChI is InChI=1S/C2Br4O2/c3-1(7)8-2(4,5)6. The fourth-order valence-electron chi connectivity index (χ4n) is 0.0910. The maximum absolute atomic E-state index is 10.1. The van der Waals surface area contributed by atoms with Gasteiger partial charge in [0.15, 0.2) is 0 Å². The number of halogens is 4. The van der Waals surface area contributed by atoms with Crippen molar-refractivity contribution < 1.29 is 9.53 Å². The van der Waals surface area contributed by atoms with E-state index in [1.165, 1.54) is 0 Å². The predicted molar refractivity (Wildman–Crippen MR) is 44.9 cm³/mol. The molecule has 0 aromatic heterocycles. The van der Waals surface area contributed by atoms with Crippen LogP contribution < -0.4 is 0 Å². The third kappa shape index (κ3) is 7.39. The quantitative estimate of drug-likeness (QED) is 0.480. The molecular weight excluding hydrogens is 376 g/mol. The Morgan fingerprint density at radius 1 is 1.38 bits per heavy atom. The van der Waals surface area contributed by atoms with Gasteiger partial charge in [-0.05, 0) is 47.8 Å². The van der Waals surface area contributed by atoms with Gasteiger partial charge in [0, 0.05) is 15.9 Å². The molecule has 2 nitrogen and oxygen atoms in total. The molecule has 0 bridgehead atoms. The van der Waals surface area contributed by atoms with Gasteiger partial charge in [0.2, 0.25) is 0 Å². The van der Waals surface area contributed by atoms with Crippen molar-refractivity contribution in [2.75, 3.05) is 0 Å². The summed E-state index contributed by atoms with van der Waals surface area (Å²) in [5.74, 6) is 0. The first-order chi connectivity index (χ1) is 3.42. The topological polar surface area (TPSA) is 26.3 Å². The van der Waals surface area contributed by atoms with Gasteiger partial charge in [-0.2, -0.15) is 0 Å². The van der Waals surface area contributed by atoms with E-state index in [-0.39, 0.29) is 0 Å². The Bertz CT molecular complexity index is 94.7. The maximum Gasteiger partial charge on any atom is 0.377 e. The number of ether oxygens (including phenoxy) is 1. The fourth-order valence-corrected chi connectivity index (χ4v) is 1.43. The van der Waals surface area contributed by atoms with Crippen molar-refractivity contribution in [3.8, 4) is 0 Å². The average Bonchev–Trinajstić information content (AvgIpc) is 1.21. The summed E-state index contributed by atoms with van der Waals surface area (Å²) in [5, 5.41) is 0. The molecular formula is C2Br4O2. The Kier molecular flexibility index (Phi) is 4.15. The smallest absolute Gasteiger partial charge is 0.377 e. The zero-order valence-corrected chi connectivity index (χ0v) is 9.67. The van der Waals surface area contributed by atoms with E-state index < -0.39 is 7.21 Å². The molecule has 0 atom stereocenters. The third-order valence-electron chi connectivity index (χ3n) is 0.196. The number of carbonyl (C=O) groups is 1. The number of hydrogen-bond acceptors (Lipinski definition) is 2. The van der Waals surface area contributed by atoms with E-state index in [0.717, 1.165) is 0 Å². The molecule has 0 radical (unpaired) electrons. The highest BCUT2D eigenvalue weighted by Crippen LogP contribution is 2.35. The molecule has 48 valence electrons. The molecule has 0 spiro atoms. The molecule has 6 heteroatoms. The molecule has 0 heterocycles. The second kappa shape index (κ2) is 3.53. The maximum atomic E-state index is 10.1. The van der Waals surface area contributed by atoms with Crippen LogP contribution in [0.1, 0.15) is 0 Å². The van der Waals surface area contributed by atoms with Gasteiger partial charge in [0.1, 0.15) is 0 Å². The minimum Gasteiger partial charge on any atom is -0.419 e. The molecule has 0 unspecified atom stereocenters. The van der Waals surface area contributed by atoms with Gasteiger partial charge in [-0.3, -0.25) is 0 Å². The van der Waals surface area contributed by atoms with E-state index in [9.17, 15) is 4.79 Å². The van der Waals surface area contributed by atoms with Crippen LogP contribution in [0.3, 0.4) is 0 Å². The van der Waals surface area contributed by atoms with Crippen LogP contribution in [0.5, 0.6) is 0 Å². The Morgan fingerprint density at radius 3 is 1.75 bits per heavy atom. The second-order valence-electron chi connectivity index (χ2n) is 0.785. The number of carbonyl (C=O) groups excluding carboxylic acids is 1. The Balaban J connectivity index is 3.55. The van der Waals surface area contributed by atoms with Crippen LogP contribution in [0.25, 0.3) is 0 Å². The van der Waals surface area contributed by atoms with Crippen LogP contribution in [0.15, 0.2) is 0 Å². The fraction of sp³-hybridized carbons (Fsp3) is 0.500. The van der Waals surface area contributed by atoms with Crippen molar-refractivity contribution in [1.29, 1.82) is 0 Å². The molecule has 0 aromatic carbocycles. The molecule has 0 aliphatic carbocycles. The lowest BCUT2D eigenvalue weighted by molar-refractivity contribution is 0.187. The van der Waals surface area contributed by atoms with Crippen molar-refractivity contribution in [2.24, 2.45) is 0 Å². The highest BCUT2D eigenvalue weighted by Gasteiger charge is 2.20. The van der Waals surface area contributed by atoms with Gasteiger partial charge in [0.05, 0.1) is 0 Å². The van der Waals surface area contributed by atoms with Crippen LogP contribution in [0.4, 0.5) is 4.79 Å². The summed E-state index contributed by atoms with van der Waals surface area (Å²) in [6.07, 6.45) is 0. The minimum atomic E-state index is -0.937. The number of alkyl halides is 3. The number of rotatable bonds is 0. The molecule has 0 aromatic rings. The summed E-state index contributed by atoms with van der Waals surface area (Å²) < 4.78 is 3.53. The van der Waals surface area contributed by atoms with Crippen molar-refractivity contribution in [3.05, 3.63) is 0 Å². The van der Waals surface area contributed by atoms with Gasteiger partial charge < -0.3 is 4.74 Å². The summed E-state index contributed by atoms with van der Waals surface area (Å²) in [6.45, 7) is 0. The van der Waals surface area contributed by atoms with Crippen LogP contribution in [-0.2, 0) is 4.74 Å². The zero-order valence-electron chi connectivity index (χ0n) is 3.33. The molecule has 0 saturated heterocycles. The molecule has 0 saturated carbocycles. The summed E-state index contributed by atoms with van der Waals surface area (Å²) in [4.78, 5) is 9.51. The average molecular weight is 376 g/mol. The molecule has 0 aliphatic heterocycles. The Labute approximate surface area is 79.8 Å². The Morgan fingerprint density at radius 2 is 1.75 bits per heavy atom. The zero-order chi connectivity index (χ0) is 6.78. The number of hydrogen-bond donors (Lipinski definition) is 0. The van der Waals surface area contributed by atoms with Crippen LogP contribution in [-0.4, -0.2) is 7.21 Å². The summed E-state index contributed by atoms with van der Waals surface area (Å²) in [7, 11) is 0. The first-order valence-electron chi connectivity index (χ1n) is 1.37. The molecule has 0 N–H and O–H groups in total. The lowest BCUT2D eigenvalue weighted by atomic mass is 11.5. The van der Waals surface area contributed by atoms with Crippen LogP contribution >= 0.6 is 63.7 Å². The first kappa shape index (κ1) is 9.39. The van der Waals surface area contributed by atoms with Gasteiger partial charge in [-0.25, -0.2) is 4.79 Å². The third-order valence-corrected chi connectivity index (χ3v) is 0.843. The van der Waals surface area contributed by atoms with E-state index in [1.807, 2.05) is 0 Å². The van der Waals surface area contributed by atoms with Gasteiger partial charge in [0.25, 0.3) is 2.33 Å². The summed E-state index contributed by atoms with van der Waals surface area (Å²) in [5.41, 5.74) is 0. The van der Waals surface area contributed by atoms with E-state index >= 15 is 0 Å². The van der Waals surface area contributed by atoms with E-state index in [2.05, 4.69) is 68.5 Å². The lowest BCUT2D eigenvalue weighted by Crippen LogP contribution is -2.07. The lowest BCUT2D eigenvalue weighted by Gasteiger charge is -2.09. The van der Waals surface area contributed by atoms with Crippen molar-refractivity contribution in [2.45, 2.75) is 2.33 Å². The largest absolute Gasteiger partial charge is 0.419 e. The van der Waals surface area contributed by atoms with Gasteiger partial charge in [-0.1, -0.05) is 0 Å². The predicted octanol–water partition coefficient (Wildman–Crippen LogP) is 3.31.